The molecule has 1 aliphatic carbocycles. The predicted molar refractivity (Wildman–Crippen MR) is 79.1 cm³/mol. The minimum absolute atomic E-state index is 0.405. The Balaban J connectivity index is 2.04. The van der Waals surface area contributed by atoms with Crippen LogP contribution in [0.3, 0.4) is 0 Å². The number of aromatic nitrogens is 1. The van der Waals surface area contributed by atoms with Gasteiger partial charge in [-0.1, -0.05) is 25.8 Å². The van der Waals surface area contributed by atoms with Crippen LogP contribution in [0.2, 0.25) is 0 Å². The molecule has 1 heterocycles. The second-order valence-electron chi connectivity index (χ2n) is 5.10. The number of pyridine rings is 1. The number of nitrogens with zero attached hydrogens (tertiary/aromatic N) is 1. The van der Waals surface area contributed by atoms with Gasteiger partial charge in [-0.3, -0.25) is 0 Å². The first-order valence-electron chi connectivity index (χ1n) is 7.16. The Kier molecular flexibility index (Phi) is 5.51. The lowest BCUT2D eigenvalue weighted by Gasteiger charge is -2.18. The monoisotopic (exact) mass is 264 g/mol. The molecule has 1 aromatic rings. The fourth-order valence-electron chi connectivity index (χ4n) is 2.47. The van der Waals surface area contributed by atoms with E-state index < -0.39 is 0 Å². The lowest BCUT2D eigenvalue weighted by molar-refractivity contribution is 0.560. The molecule has 2 rings (SSSR count). The van der Waals surface area contributed by atoms with Gasteiger partial charge in [0.25, 0.3) is 0 Å². The highest BCUT2D eigenvalue weighted by molar-refractivity contribution is 7.99. The summed E-state index contributed by atoms with van der Waals surface area (Å²) in [7, 11) is 0. The maximum absolute atomic E-state index is 4.59. The van der Waals surface area contributed by atoms with Gasteiger partial charge in [0.1, 0.15) is 5.03 Å². The summed E-state index contributed by atoms with van der Waals surface area (Å²) in [4.78, 5) is 4.59. The Morgan fingerprint density at radius 2 is 2.22 bits per heavy atom. The third-order valence-electron chi connectivity index (χ3n) is 3.55. The zero-order valence-electron chi connectivity index (χ0n) is 11.5. The SMILES string of the molecule is CCCNC(C)c1cccnc1SC1CCCC1. The number of thioether (sulfide) groups is 1. The van der Waals surface area contributed by atoms with Crippen molar-refractivity contribution < 1.29 is 0 Å². The van der Waals surface area contributed by atoms with Crippen LogP contribution >= 0.6 is 11.8 Å². The molecule has 1 fully saturated rings. The molecule has 0 saturated heterocycles. The van der Waals surface area contributed by atoms with Gasteiger partial charge in [-0.05, 0) is 38.8 Å². The van der Waals surface area contributed by atoms with Gasteiger partial charge < -0.3 is 5.32 Å². The van der Waals surface area contributed by atoms with Crippen molar-refractivity contribution in [3.8, 4) is 0 Å². The van der Waals surface area contributed by atoms with E-state index in [2.05, 4.69) is 36.3 Å². The topological polar surface area (TPSA) is 24.9 Å². The van der Waals surface area contributed by atoms with Gasteiger partial charge in [0, 0.05) is 23.1 Å². The van der Waals surface area contributed by atoms with E-state index in [-0.39, 0.29) is 0 Å². The number of rotatable bonds is 6. The summed E-state index contributed by atoms with van der Waals surface area (Å²) >= 11 is 1.99. The number of nitrogens with one attached hydrogen (secondary N) is 1. The average molecular weight is 264 g/mol. The third-order valence-corrected chi connectivity index (χ3v) is 4.92. The molecule has 1 aromatic heterocycles. The molecular formula is C15H24N2S. The zero-order valence-corrected chi connectivity index (χ0v) is 12.3. The molecule has 1 aliphatic rings. The first-order valence-corrected chi connectivity index (χ1v) is 8.04. The molecule has 1 atom stereocenters. The molecule has 100 valence electrons. The molecule has 0 aromatic carbocycles. The highest BCUT2D eigenvalue weighted by Gasteiger charge is 2.19. The normalized spacial score (nSPS) is 18.1. The molecule has 0 radical (unpaired) electrons. The van der Waals surface area contributed by atoms with Crippen LogP contribution in [0, 0.1) is 0 Å². The second kappa shape index (κ2) is 7.15. The number of hydrogen-bond acceptors (Lipinski definition) is 3. The lowest BCUT2D eigenvalue weighted by atomic mass is 10.1. The van der Waals surface area contributed by atoms with Crippen LogP contribution in [-0.2, 0) is 0 Å². The second-order valence-corrected chi connectivity index (χ2v) is 6.39. The van der Waals surface area contributed by atoms with Crippen LogP contribution in [0.25, 0.3) is 0 Å². The summed E-state index contributed by atoms with van der Waals surface area (Å²) in [6.07, 6.45) is 8.60. The van der Waals surface area contributed by atoms with E-state index in [1.54, 1.807) is 0 Å². The maximum Gasteiger partial charge on any atom is 0.101 e. The van der Waals surface area contributed by atoms with Crippen molar-refractivity contribution in [2.45, 2.75) is 62.3 Å². The summed E-state index contributed by atoms with van der Waals surface area (Å²) in [5, 5.41) is 5.59. The highest BCUT2D eigenvalue weighted by Crippen LogP contribution is 2.36. The summed E-state index contributed by atoms with van der Waals surface area (Å²) < 4.78 is 0. The molecule has 0 spiro atoms. The molecule has 0 bridgehead atoms. The first kappa shape index (κ1) is 13.9. The van der Waals surface area contributed by atoms with Crippen molar-refractivity contribution >= 4 is 11.8 Å². The standard InChI is InChI=1S/C15H24N2S/c1-3-10-16-12(2)14-9-6-11-17-15(14)18-13-7-4-5-8-13/h6,9,11-13,16H,3-5,7-8,10H2,1-2H3. The van der Waals surface area contributed by atoms with E-state index in [1.807, 2.05) is 18.0 Å². The minimum atomic E-state index is 0.405. The van der Waals surface area contributed by atoms with Gasteiger partial charge in [0.05, 0.1) is 0 Å². The molecule has 1 saturated carbocycles. The summed E-state index contributed by atoms with van der Waals surface area (Å²) in [6, 6.07) is 4.68. The van der Waals surface area contributed by atoms with Crippen molar-refractivity contribution in [2.24, 2.45) is 0 Å². The van der Waals surface area contributed by atoms with Crippen molar-refractivity contribution in [1.29, 1.82) is 0 Å². The molecule has 1 unspecified atom stereocenters. The Morgan fingerprint density at radius 3 is 2.94 bits per heavy atom. The van der Waals surface area contributed by atoms with Gasteiger partial charge in [0.15, 0.2) is 0 Å². The Labute approximate surface area is 115 Å². The molecule has 18 heavy (non-hydrogen) atoms. The third kappa shape index (κ3) is 3.72. The molecule has 1 N–H and O–H groups in total. The van der Waals surface area contributed by atoms with Crippen LogP contribution in [0.15, 0.2) is 23.4 Å². The van der Waals surface area contributed by atoms with Gasteiger partial charge in [-0.15, -0.1) is 11.8 Å². The maximum atomic E-state index is 4.59. The van der Waals surface area contributed by atoms with Gasteiger partial charge in [0.2, 0.25) is 0 Å². The van der Waals surface area contributed by atoms with Crippen molar-refractivity contribution in [1.82, 2.24) is 10.3 Å². The van der Waals surface area contributed by atoms with Gasteiger partial charge >= 0.3 is 0 Å². The van der Waals surface area contributed by atoms with Crippen molar-refractivity contribution in [3.05, 3.63) is 23.9 Å². The Bertz CT molecular complexity index is 361. The van der Waals surface area contributed by atoms with Crippen molar-refractivity contribution in [3.63, 3.8) is 0 Å². The average Bonchev–Trinajstić information content (AvgIpc) is 2.89. The van der Waals surface area contributed by atoms with E-state index in [0.717, 1.165) is 11.8 Å². The molecule has 3 heteroatoms. The van der Waals surface area contributed by atoms with Crippen LogP contribution in [-0.4, -0.2) is 16.8 Å². The van der Waals surface area contributed by atoms with E-state index in [0.29, 0.717) is 6.04 Å². The number of hydrogen-bond donors (Lipinski definition) is 1. The fourth-order valence-corrected chi connectivity index (χ4v) is 3.85. The first-order chi connectivity index (χ1) is 8.81. The summed E-state index contributed by atoms with van der Waals surface area (Å²) in [5.74, 6) is 0. The summed E-state index contributed by atoms with van der Waals surface area (Å²) in [5.41, 5.74) is 1.36. The zero-order chi connectivity index (χ0) is 12.8. The Morgan fingerprint density at radius 1 is 1.44 bits per heavy atom. The summed E-state index contributed by atoms with van der Waals surface area (Å²) in [6.45, 7) is 5.52. The van der Waals surface area contributed by atoms with E-state index >= 15 is 0 Å². The van der Waals surface area contributed by atoms with E-state index in [9.17, 15) is 0 Å². The molecule has 0 aliphatic heterocycles. The van der Waals surface area contributed by atoms with Crippen LogP contribution < -0.4 is 5.32 Å². The van der Waals surface area contributed by atoms with Crippen molar-refractivity contribution in [2.75, 3.05) is 6.54 Å². The minimum Gasteiger partial charge on any atom is -0.310 e. The largest absolute Gasteiger partial charge is 0.310 e. The van der Waals surface area contributed by atoms with E-state index in [4.69, 9.17) is 0 Å². The fraction of sp³-hybridized carbons (Fsp3) is 0.667. The Hall–Kier alpha value is -0.540. The predicted octanol–water partition coefficient (Wildman–Crippen LogP) is 4.18. The molecule has 0 amide bonds. The van der Waals surface area contributed by atoms with Gasteiger partial charge in [-0.25, -0.2) is 4.98 Å². The molecular weight excluding hydrogens is 240 g/mol. The van der Waals surface area contributed by atoms with Crippen LogP contribution in [0.1, 0.15) is 57.6 Å². The quantitative estimate of drug-likeness (QED) is 0.834. The lowest BCUT2D eigenvalue weighted by Crippen LogP contribution is -2.20. The van der Waals surface area contributed by atoms with Gasteiger partial charge in [-0.2, -0.15) is 0 Å². The highest BCUT2D eigenvalue weighted by atomic mass is 32.2. The van der Waals surface area contributed by atoms with E-state index in [1.165, 1.54) is 42.7 Å². The van der Waals surface area contributed by atoms with Crippen LogP contribution in [0.5, 0.6) is 0 Å². The molecule has 2 nitrogen and oxygen atoms in total. The van der Waals surface area contributed by atoms with Crippen LogP contribution in [0.4, 0.5) is 0 Å². The smallest absolute Gasteiger partial charge is 0.101 e.